The van der Waals surface area contributed by atoms with Gasteiger partial charge < -0.3 is 10.2 Å². The van der Waals surface area contributed by atoms with Crippen LogP contribution in [0.2, 0.25) is 0 Å². The Balaban J connectivity index is 1.46. The second kappa shape index (κ2) is 10.8. The summed E-state index contributed by atoms with van der Waals surface area (Å²) in [6.07, 6.45) is 1.91. The fraction of sp³-hybridized carbons (Fsp3) is 0.0968. The highest BCUT2D eigenvalue weighted by atomic mass is 32.2. The van der Waals surface area contributed by atoms with Gasteiger partial charge in [0.2, 0.25) is 0 Å². The SMILES string of the molecule is Cc1cccc(CN2C(=O)C(=Cc3ccccc3)Sc3ccc(C(=O)NCc4ccc(F)cc4)cc32)c1. The fourth-order valence-electron chi connectivity index (χ4n) is 4.19. The minimum Gasteiger partial charge on any atom is -0.348 e. The summed E-state index contributed by atoms with van der Waals surface area (Å²) in [7, 11) is 0. The van der Waals surface area contributed by atoms with Crippen molar-refractivity contribution >= 4 is 35.3 Å². The van der Waals surface area contributed by atoms with Crippen LogP contribution in [0, 0.1) is 12.7 Å². The van der Waals surface area contributed by atoms with Gasteiger partial charge in [0.05, 0.1) is 17.1 Å². The molecule has 4 aromatic carbocycles. The number of hydrogen-bond donors (Lipinski definition) is 1. The lowest BCUT2D eigenvalue weighted by Crippen LogP contribution is -2.34. The molecule has 0 unspecified atom stereocenters. The Morgan fingerprint density at radius 1 is 0.919 bits per heavy atom. The Labute approximate surface area is 219 Å². The van der Waals surface area contributed by atoms with E-state index >= 15 is 0 Å². The van der Waals surface area contributed by atoms with Crippen LogP contribution in [0.15, 0.2) is 107 Å². The number of carbonyl (C=O) groups is 2. The molecule has 0 atom stereocenters. The van der Waals surface area contributed by atoms with Crippen molar-refractivity contribution in [3.05, 3.63) is 136 Å². The second-order valence-corrected chi connectivity index (χ2v) is 9.98. The first-order valence-corrected chi connectivity index (χ1v) is 12.8. The molecule has 2 amide bonds. The molecule has 0 bridgehead atoms. The van der Waals surface area contributed by atoms with E-state index in [4.69, 9.17) is 0 Å². The molecule has 4 aromatic rings. The number of rotatable bonds is 6. The van der Waals surface area contributed by atoms with Crippen molar-refractivity contribution in [1.29, 1.82) is 0 Å². The maximum absolute atomic E-state index is 13.7. The molecule has 1 aliphatic heterocycles. The van der Waals surface area contributed by atoms with Crippen molar-refractivity contribution in [2.75, 3.05) is 4.90 Å². The van der Waals surface area contributed by atoms with Crippen molar-refractivity contribution in [1.82, 2.24) is 5.32 Å². The standard InChI is InChI=1S/C31H25FN2O2S/c1-21-6-5-9-24(16-21)20-34-27-18-25(30(35)33-19-23-10-13-26(32)14-11-23)12-15-28(27)37-29(31(34)36)17-22-7-3-2-4-8-22/h2-18H,19-20H2,1H3,(H,33,35). The summed E-state index contributed by atoms with van der Waals surface area (Å²) in [5.74, 6) is -0.682. The molecule has 0 fully saturated rings. The molecule has 1 aliphatic rings. The number of hydrogen-bond acceptors (Lipinski definition) is 3. The fourth-order valence-corrected chi connectivity index (χ4v) is 5.23. The third-order valence-corrected chi connectivity index (χ3v) is 7.15. The van der Waals surface area contributed by atoms with Crippen LogP contribution >= 0.6 is 11.8 Å². The Bertz CT molecular complexity index is 1480. The molecule has 0 radical (unpaired) electrons. The van der Waals surface area contributed by atoms with Crippen LogP contribution in [0.1, 0.15) is 32.6 Å². The molecule has 0 spiro atoms. The summed E-state index contributed by atoms with van der Waals surface area (Å²) >= 11 is 1.41. The number of fused-ring (bicyclic) bond motifs is 1. The lowest BCUT2D eigenvalue weighted by molar-refractivity contribution is -0.114. The van der Waals surface area contributed by atoms with Gasteiger partial charge in [-0.15, -0.1) is 0 Å². The third-order valence-electron chi connectivity index (χ3n) is 6.07. The van der Waals surface area contributed by atoms with E-state index in [1.54, 1.807) is 29.2 Å². The molecule has 184 valence electrons. The molecule has 0 aromatic heterocycles. The van der Waals surface area contributed by atoms with Crippen LogP contribution in [0.5, 0.6) is 0 Å². The van der Waals surface area contributed by atoms with E-state index in [9.17, 15) is 14.0 Å². The zero-order chi connectivity index (χ0) is 25.8. The van der Waals surface area contributed by atoms with Crippen molar-refractivity contribution in [2.24, 2.45) is 0 Å². The smallest absolute Gasteiger partial charge is 0.265 e. The van der Waals surface area contributed by atoms with Gasteiger partial charge in [0, 0.05) is 17.0 Å². The van der Waals surface area contributed by atoms with E-state index in [0.717, 1.165) is 27.1 Å². The quantitative estimate of drug-likeness (QED) is 0.293. The number of anilines is 1. The van der Waals surface area contributed by atoms with E-state index in [0.29, 0.717) is 22.7 Å². The van der Waals surface area contributed by atoms with Gasteiger partial charge in [0.1, 0.15) is 5.82 Å². The van der Waals surface area contributed by atoms with Crippen LogP contribution in [0.25, 0.3) is 6.08 Å². The molecule has 1 heterocycles. The summed E-state index contributed by atoms with van der Waals surface area (Å²) < 4.78 is 13.2. The van der Waals surface area contributed by atoms with Crippen LogP contribution in [0.4, 0.5) is 10.1 Å². The number of benzene rings is 4. The zero-order valence-electron chi connectivity index (χ0n) is 20.3. The number of aryl methyl sites for hydroxylation is 1. The lowest BCUT2D eigenvalue weighted by Gasteiger charge is -2.31. The number of amides is 2. The highest BCUT2D eigenvalue weighted by Gasteiger charge is 2.30. The largest absolute Gasteiger partial charge is 0.348 e. The van der Waals surface area contributed by atoms with E-state index in [-0.39, 0.29) is 24.2 Å². The van der Waals surface area contributed by atoms with Gasteiger partial charge in [0.15, 0.2) is 0 Å². The molecule has 6 heteroatoms. The van der Waals surface area contributed by atoms with Crippen LogP contribution < -0.4 is 10.2 Å². The zero-order valence-corrected chi connectivity index (χ0v) is 21.1. The lowest BCUT2D eigenvalue weighted by atomic mass is 10.1. The second-order valence-electron chi connectivity index (χ2n) is 8.89. The Morgan fingerprint density at radius 2 is 1.70 bits per heavy atom. The summed E-state index contributed by atoms with van der Waals surface area (Å²) in [6, 6.07) is 29.3. The van der Waals surface area contributed by atoms with Crippen molar-refractivity contribution in [3.8, 4) is 0 Å². The Hall–Kier alpha value is -4.16. The minimum atomic E-state index is -0.318. The molecule has 0 saturated heterocycles. The van der Waals surface area contributed by atoms with Crippen molar-refractivity contribution < 1.29 is 14.0 Å². The third kappa shape index (κ3) is 5.81. The Kier molecular flexibility index (Phi) is 7.19. The van der Waals surface area contributed by atoms with Crippen LogP contribution in [0.3, 0.4) is 0 Å². The maximum atomic E-state index is 13.7. The first kappa shape index (κ1) is 24.5. The first-order valence-electron chi connectivity index (χ1n) is 11.9. The normalized spacial score (nSPS) is 13.9. The van der Waals surface area contributed by atoms with Crippen LogP contribution in [-0.2, 0) is 17.9 Å². The number of nitrogens with zero attached hydrogens (tertiary/aromatic N) is 1. The van der Waals surface area contributed by atoms with Gasteiger partial charge in [-0.3, -0.25) is 9.59 Å². The van der Waals surface area contributed by atoms with Gasteiger partial charge in [-0.05, 0) is 60.0 Å². The van der Waals surface area contributed by atoms with E-state index < -0.39 is 0 Å². The van der Waals surface area contributed by atoms with Crippen molar-refractivity contribution in [3.63, 3.8) is 0 Å². The summed E-state index contributed by atoms with van der Waals surface area (Å²) in [6.45, 7) is 2.69. The number of carbonyl (C=O) groups excluding carboxylic acids is 2. The number of thioether (sulfide) groups is 1. The number of halogens is 1. The number of nitrogens with one attached hydrogen (secondary N) is 1. The highest BCUT2D eigenvalue weighted by molar-refractivity contribution is 8.04. The molecule has 5 rings (SSSR count). The molecule has 1 N–H and O–H groups in total. The summed E-state index contributed by atoms with van der Waals surface area (Å²) in [4.78, 5) is 29.9. The average molecular weight is 509 g/mol. The molecule has 37 heavy (non-hydrogen) atoms. The molecular formula is C31H25FN2O2S. The average Bonchev–Trinajstić information content (AvgIpc) is 2.91. The highest BCUT2D eigenvalue weighted by Crippen LogP contribution is 2.43. The molecule has 4 nitrogen and oxygen atoms in total. The first-order chi connectivity index (χ1) is 18.0. The van der Waals surface area contributed by atoms with E-state index in [1.165, 1.54) is 23.9 Å². The Morgan fingerprint density at radius 3 is 2.46 bits per heavy atom. The van der Waals surface area contributed by atoms with Gasteiger partial charge in [-0.2, -0.15) is 0 Å². The maximum Gasteiger partial charge on any atom is 0.265 e. The molecular weight excluding hydrogens is 483 g/mol. The van der Waals surface area contributed by atoms with Gasteiger partial charge in [-0.1, -0.05) is 84.1 Å². The van der Waals surface area contributed by atoms with Gasteiger partial charge in [-0.25, -0.2) is 4.39 Å². The topological polar surface area (TPSA) is 49.4 Å². The van der Waals surface area contributed by atoms with E-state index in [1.807, 2.05) is 67.6 Å². The summed E-state index contributed by atoms with van der Waals surface area (Å²) in [5, 5.41) is 2.88. The summed E-state index contributed by atoms with van der Waals surface area (Å²) in [5.41, 5.74) is 5.04. The molecule has 0 saturated carbocycles. The monoisotopic (exact) mass is 508 g/mol. The minimum absolute atomic E-state index is 0.105. The predicted octanol–water partition coefficient (Wildman–Crippen LogP) is 6.74. The van der Waals surface area contributed by atoms with E-state index in [2.05, 4.69) is 11.4 Å². The predicted molar refractivity (Wildman–Crippen MR) is 147 cm³/mol. The van der Waals surface area contributed by atoms with Gasteiger partial charge in [0.25, 0.3) is 11.8 Å². The molecule has 0 aliphatic carbocycles. The van der Waals surface area contributed by atoms with Crippen molar-refractivity contribution in [2.45, 2.75) is 24.9 Å². The van der Waals surface area contributed by atoms with Gasteiger partial charge >= 0.3 is 0 Å². The van der Waals surface area contributed by atoms with Crippen LogP contribution in [-0.4, -0.2) is 11.8 Å².